The van der Waals surface area contributed by atoms with Crippen LogP contribution >= 0.6 is 0 Å². The molecule has 19 heavy (non-hydrogen) atoms. The fraction of sp³-hybridized carbons (Fsp3) is 0.714. The molecule has 0 aliphatic heterocycles. The first-order valence-electron chi connectivity index (χ1n) is 6.70. The summed E-state index contributed by atoms with van der Waals surface area (Å²) < 4.78 is 12.4. The van der Waals surface area contributed by atoms with Gasteiger partial charge in [-0.25, -0.2) is 0 Å². The van der Waals surface area contributed by atoms with Crippen molar-refractivity contribution in [2.45, 2.75) is 38.2 Å². The third-order valence-electron chi connectivity index (χ3n) is 4.23. The van der Waals surface area contributed by atoms with Gasteiger partial charge in [0.05, 0.1) is 13.3 Å². The van der Waals surface area contributed by atoms with E-state index in [2.05, 4.69) is 12.0 Å². The van der Waals surface area contributed by atoms with Crippen LogP contribution in [0.3, 0.4) is 0 Å². The molecule has 1 aromatic heterocycles. The van der Waals surface area contributed by atoms with E-state index >= 15 is 0 Å². The highest BCUT2D eigenvalue weighted by Gasteiger charge is 2.43. The van der Waals surface area contributed by atoms with E-state index in [1.54, 1.807) is 32.1 Å². The lowest BCUT2D eigenvalue weighted by molar-refractivity contribution is -0.0271. The Kier molecular flexibility index (Phi) is 3.94. The van der Waals surface area contributed by atoms with E-state index in [0.717, 1.165) is 25.7 Å². The number of rotatable bonds is 4. The second-order valence-corrected chi connectivity index (χ2v) is 5.40. The number of hydrogen-bond donors (Lipinski definition) is 0. The van der Waals surface area contributed by atoms with E-state index in [0.29, 0.717) is 17.4 Å². The molecule has 0 aromatic carbocycles. The standard InChI is InChI=1S/C14H22N2O3/c1-10-5-7-14(19-4,8-6-10)13(17)12-11(18-3)9-15-16(12)2/h9-10H,5-8H2,1-4H3. The third kappa shape index (κ3) is 2.39. The highest BCUT2D eigenvalue weighted by molar-refractivity contribution is 6.03. The van der Waals surface area contributed by atoms with Crippen molar-refractivity contribution in [3.63, 3.8) is 0 Å². The zero-order chi connectivity index (χ0) is 14.0. The molecule has 1 heterocycles. The molecule has 1 aromatic rings. The molecule has 0 bridgehead atoms. The van der Waals surface area contributed by atoms with Gasteiger partial charge in [-0.2, -0.15) is 5.10 Å². The van der Waals surface area contributed by atoms with Gasteiger partial charge in [0.1, 0.15) is 11.3 Å². The number of ether oxygens (including phenoxy) is 2. The van der Waals surface area contributed by atoms with Gasteiger partial charge in [0.15, 0.2) is 5.75 Å². The Balaban J connectivity index is 2.33. The van der Waals surface area contributed by atoms with Crippen LogP contribution in [-0.4, -0.2) is 35.4 Å². The minimum Gasteiger partial charge on any atom is -0.493 e. The van der Waals surface area contributed by atoms with Crippen LogP contribution in [0.25, 0.3) is 0 Å². The predicted octanol–water partition coefficient (Wildman–Crippen LogP) is 2.21. The number of nitrogens with zero attached hydrogens (tertiary/aromatic N) is 2. The van der Waals surface area contributed by atoms with Crippen LogP contribution < -0.4 is 4.74 Å². The summed E-state index contributed by atoms with van der Waals surface area (Å²) in [6.45, 7) is 2.22. The van der Waals surface area contributed by atoms with Crippen molar-refractivity contribution in [2.75, 3.05) is 14.2 Å². The quantitative estimate of drug-likeness (QED) is 0.784. The normalized spacial score (nSPS) is 27.3. The van der Waals surface area contributed by atoms with Gasteiger partial charge in [-0.1, -0.05) is 6.92 Å². The zero-order valence-corrected chi connectivity index (χ0v) is 12.1. The van der Waals surface area contributed by atoms with Gasteiger partial charge in [0.25, 0.3) is 0 Å². The average molecular weight is 266 g/mol. The Hall–Kier alpha value is -1.36. The number of carbonyl (C=O) groups excluding carboxylic acids is 1. The summed E-state index contributed by atoms with van der Waals surface area (Å²) in [6.07, 6.45) is 5.12. The number of carbonyl (C=O) groups is 1. The van der Waals surface area contributed by atoms with Gasteiger partial charge in [-0.05, 0) is 31.6 Å². The summed E-state index contributed by atoms with van der Waals surface area (Å²) in [5, 5.41) is 4.10. The van der Waals surface area contributed by atoms with Crippen LogP contribution in [0.2, 0.25) is 0 Å². The fourth-order valence-electron chi connectivity index (χ4n) is 2.79. The smallest absolute Gasteiger partial charge is 0.216 e. The summed E-state index contributed by atoms with van der Waals surface area (Å²) in [4.78, 5) is 12.9. The van der Waals surface area contributed by atoms with Gasteiger partial charge in [-0.3, -0.25) is 9.48 Å². The lowest BCUT2D eigenvalue weighted by Crippen LogP contribution is -2.44. The molecule has 1 aliphatic rings. The molecule has 0 radical (unpaired) electrons. The summed E-state index contributed by atoms with van der Waals surface area (Å²) >= 11 is 0. The molecule has 0 unspecified atom stereocenters. The molecule has 1 saturated carbocycles. The van der Waals surface area contributed by atoms with E-state index in [9.17, 15) is 4.79 Å². The maximum Gasteiger partial charge on any atom is 0.216 e. The third-order valence-corrected chi connectivity index (χ3v) is 4.23. The monoisotopic (exact) mass is 266 g/mol. The Labute approximate surface area is 113 Å². The van der Waals surface area contributed by atoms with Crippen molar-refractivity contribution in [3.8, 4) is 5.75 Å². The number of Topliss-reactive ketones (excluding diaryl/α,β-unsaturated/α-hetero) is 1. The topological polar surface area (TPSA) is 53.4 Å². The Morgan fingerprint density at radius 1 is 1.42 bits per heavy atom. The summed E-state index contributed by atoms with van der Waals surface area (Å²) in [5.41, 5.74) is -0.216. The van der Waals surface area contributed by atoms with Crippen molar-refractivity contribution in [2.24, 2.45) is 13.0 Å². The van der Waals surface area contributed by atoms with Crippen LogP contribution in [0.1, 0.15) is 43.1 Å². The van der Waals surface area contributed by atoms with E-state index in [-0.39, 0.29) is 5.78 Å². The molecular formula is C14H22N2O3. The van der Waals surface area contributed by atoms with Gasteiger partial charge >= 0.3 is 0 Å². The van der Waals surface area contributed by atoms with Gasteiger partial charge in [0.2, 0.25) is 5.78 Å². The van der Waals surface area contributed by atoms with E-state index in [1.807, 2.05) is 0 Å². The van der Waals surface area contributed by atoms with Gasteiger partial charge in [0, 0.05) is 14.2 Å². The lowest BCUT2D eigenvalue weighted by Gasteiger charge is -2.36. The maximum absolute atomic E-state index is 12.9. The fourth-order valence-corrected chi connectivity index (χ4v) is 2.79. The molecule has 0 spiro atoms. The first-order valence-corrected chi connectivity index (χ1v) is 6.70. The van der Waals surface area contributed by atoms with E-state index in [1.165, 1.54) is 0 Å². The van der Waals surface area contributed by atoms with Crippen molar-refractivity contribution in [1.29, 1.82) is 0 Å². The predicted molar refractivity (Wildman–Crippen MR) is 71.5 cm³/mol. The summed E-state index contributed by atoms with van der Waals surface area (Å²) in [6, 6.07) is 0. The number of ketones is 1. The number of aryl methyl sites for hydroxylation is 1. The van der Waals surface area contributed by atoms with Crippen molar-refractivity contribution >= 4 is 5.78 Å². The summed E-state index contributed by atoms with van der Waals surface area (Å²) in [7, 11) is 4.93. The highest BCUT2D eigenvalue weighted by Crippen LogP contribution is 2.38. The molecule has 0 amide bonds. The number of hydrogen-bond acceptors (Lipinski definition) is 4. The van der Waals surface area contributed by atoms with Crippen LogP contribution in [0.15, 0.2) is 6.20 Å². The van der Waals surface area contributed by atoms with E-state index < -0.39 is 5.60 Å². The van der Waals surface area contributed by atoms with Crippen LogP contribution in [0, 0.1) is 5.92 Å². The highest BCUT2D eigenvalue weighted by atomic mass is 16.5. The van der Waals surface area contributed by atoms with Crippen molar-refractivity contribution < 1.29 is 14.3 Å². The molecule has 0 saturated heterocycles. The van der Waals surface area contributed by atoms with Crippen LogP contribution in [0.4, 0.5) is 0 Å². The second kappa shape index (κ2) is 5.33. The van der Waals surface area contributed by atoms with Gasteiger partial charge < -0.3 is 9.47 Å². The molecule has 1 fully saturated rings. The van der Waals surface area contributed by atoms with E-state index in [4.69, 9.17) is 9.47 Å². The molecule has 1 aliphatic carbocycles. The molecule has 0 N–H and O–H groups in total. The Morgan fingerprint density at radius 2 is 2.05 bits per heavy atom. The average Bonchev–Trinajstić information content (AvgIpc) is 2.80. The lowest BCUT2D eigenvalue weighted by atomic mass is 9.76. The van der Waals surface area contributed by atoms with Crippen LogP contribution in [0.5, 0.6) is 5.75 Å². The molecule has 5 heteroatoms. The first-order chi connectivity index (χ1) is 9.04. The minimum absolute atomic E-state index is 0.0150. The van der Waals surface area contributed by atoms with Crippen LogP contribution in [-0.2, 0) is 11.8 Å². The first kappa shape index (κ1) is 14.1. The number of aromatic nitrogens is 2. The molecule has 0 atom stereocenters. The number of methoxy groups -OCH3 is 2. The minimum atomic E-state index is -0.715. The molecular weight excluding hydrogens is 244 g/mol. The molecule has 5 nitrogen and oxygen atoms in total. The summed E-state index contributed by atoms with van der Waals surface area (Å²) in [5.74, 6) is 1.16. The molecule has 106 valence electrons. The SMILES string of the molecule is COc1cnn(C)c1C(=O)C1(OC)CCC(C)CC1. The molecule has 2 rings (SSSR count). The maximum atomic E-state index is 12.9. The Morgan fingerprint density at radius 3 is 2.58 bits per heavy atom. The van der Waals surface area contributed by atoms with Crippen molar-refractivity contribution in [3.05, 3.63) is 11.9 Å². The van der Waals surface area contributed by atoms with Gasteiger partial charge in [-0.15, -0.1) is 0 Å². The Bertz CT molecular complexity index is 459. The largest absolute Gasteiger partial charge is 0.493 e. The zero-order valence-electron chi connectivity index (χ0n) is 12.1. The van der Waals surface area contributed by atoms with Crippen molar-refractivity contribution in [1.82, 2.24) is 9.78 Å². The second-order valence-electron chi connectivity index (χ2n) is 5.40.